The molecule has 0 aliphatic heterocycles. The van der Waals surface area contributed by atoms with Crippen LogP contribution in [-0.2, 0) is 21.5 Å². The van der Waals surface area contributed by atoms with Gasteiger partial charge in [0.15, 0.2) is 5.82 Å². The zero-order valence-electron chi connectivity index (χ0n) is 11.6. The minimum Gasteiger partial charge on any atom is -0.480 e. The standard InChI is InChI=1S/C15H14ClN3O3/c16-11-3-1-2-10(8-11)15(5-6-15)14(22)17-12-4-7-19(18-12)9-13(20)21/h1-4,7-8H,5-6,9H2,(H,20,21)(H,17,18,22). The Morgan fingerprint density at radius 1 is 1.36 bits per heavy atom. The van der Waals surface area contributed by atoms with Gasteiger partial charge in [-0.15, -0.1) is 0 Å². The molecule has 1 aliphatic carbocycles. The predicted octanol–water partition coefficient (Wildman–Crippen LogP) is 2.29. The molecular weight excluding hydrogens is 306 g/mol. The second-order valence-electron chi connectivity index (χ2n) is 5.34. The fourth-order valence-corrected chi connectivity index (χ4v) is 2.64. The quantitative estimate of drug-likeness (QED) is 0.885. The first-order chi connectivity index (χ1) is 10.5. The van der Waals surface area contributed by atoms with Crippen LogP contribution in [0.2, 0.25) is 5.02 Å². The number of carboxylic acid groups (broad SMARTS) is 1. The number of hydrogen-bond donors (Lipinski definition) is 2. The third-order valence-electron chi connectivity index (χ3n) is 3.74. The second kappa shape index (κ2) is 5.46. The van der Waals surface area contributed by atoms with Gasteiger partial charge in [0.25, 0.3) is 0 Å². The molecule has 0 bridgehead atoms. The van der Waals surface area contributed by atoms with Gasteiger partial charge < -0.3 is 10.4 Å². The maximum Gasteiger partial charge on any atom is 0.325 e. The van der Waals surface area contributed by atoms with Crippen LogP contribution in [0.4, 0.5) is 5.82 Å². The number of anilines is 1. The summed E-state index contributed by atoms with van der Waals surface area (Å²) in [5.74, 6) is -0.784. The highest BCUT2D eigenvalue weighted by atomic mass is 35.5. The van der Waals surface area contributed by atoms with Crippen molar-refractivity contribution in [2.45, 2.75) is 24.8 Å². The maximum atomic E-state index is 12.5. The summed E-state index contributed by atoms with van der Waals surface area (Å²) in [7, 11) is 0. The topological polar surface area (TPSA) is 84.2 Å². The molecule has 7 heteroatoms. The largest absolute Gasteiger partial charge is 0.480 e. The smallest absolute Gasteiger partial charge is 0.325 e. The number of nitrogens with one attached hydrogen (secondary N) is 1. The Kier molecular flexibility index (Phi) is 3.62. The van der Waals surface area contributed by atoms with Gasteiger partial charge in [-0.25, -0.2) is 0 Å². The zero-order valence-corrected chi connectivity index (χ0v) is 12.4. The lowest BCUT2D eigenvalue weighted by Crippen LogP contribution is -2.28. The van der Waals surface area contributed by atoms with Gasteiger partial charge in [0.2, 0.25) is 5.91 Å². The summed E-state index contributed by atoms with van der Waals surface area (Å²) in [6.07, 6.45) is 3.03. The van der Waals surface area contributed by atoms with E-state index < -0.39 is 11.4 Å². The number of benzene rings is 1. The molecule has 1 fully saturated rings. The van der Waals surface area contributed by atoms with Crippen LogP contribution >= 0.6 is 11.6 Å². The van der Waals surface area contributed by atoms with Crippen LogP contribution in [0.1, 0.15) is 18.4 Å². The van der Waals surface area contributed by atoms with E-state index in [1.165, 1.54) is 10.9 Å². The fraction of sp³-hybridized carbons (Fsp3) is 0.267. The molecule has 1 aromatic heterocycles. The predicted molar refractivity (Wildman–Crippen MR) is 80.9 cm³/mol. The Balaban J connectivity index is 1.74. The van der Waals surface area contributed by atoms with Crippen molar-refractivity contribution in [3.8, 4) is 0 Å². The molecule has 2 aromatic rings. The van der Waals surface area contributed by atoms with Gasteiger partial charge in [-0.3, -0.25) is 14.3 Å². The first-order valence-corrected chi connectivity index (χ1v) is 7.20. The molecule has 1 amide bonds. The molecule has 114 valence electrons. The number of carbonyl (C=O) groups excluding carboxylic acids is 1. The van der Waals surface area contributed by atoms with Gasteiger partial charge in [-0.05, 0) is 30.5 Å². The van der Waals surface area contributed by atoms with E-state index in [-0.39, 0.29) is 12.5 Å². The number of aliphatic carboxylic acids is 1. The third-order valence-corrected chi connectivity index (χ3v) is 3.98. The van der Waals surface area contributed by atoms with Crippen LogP contribution in [0.25, 0.3) is 0 Å². The lowest BCUT2D eigenvalue weighted by Gasteiger charge is -2.15. The van der Waals surface area contributed by atoms with Gasteiger partial charge in [0, 0.05) is 17.3 Å². The number of nitrogens with zero attached hydrogens (tertiary/aromatic N) is 2. The van der Waals surface area contributed by atoms with Crippen molar-refractivity contribution in [1.29, 1.82) is 0 Å². The van der Waals surface area contributed by atoms with Crippen molar-refractivity contribution in [2.75, 3.05) is 5.32 Å². The number of carboxylic acids is 1. The molecule has 0 spiro atoms. The highest BCUT2D eigenvalue weighted by Gasteiger charge is 2.51. The highest BCUT2D eigenvalue weighted by Crippen LogP contribution is 2.49. The monoisotopic (exact) mass is 319 g/mol. The van der Waals surface area contributed by atoms with E-state index in [1.54, 1.807) is 18.2 Å². The molecule has 0 saturated heterocycles. The van der Waals surface area contributed by atoms with Gasteiger partial charge in [-0.2, -0.15) is 5.10 Å². The molecule has 0 atom stereocenters. The Morgan fingerprint density at radius 2 is 2.14 bits per heavy atom. The van der Waals surface area contributed by atoms with E-state index in [9.17, 15) is 9.59 Å². The average molecular weight is 320 g/mol. The maximum absolute atomic E-state index is 12.5. The van der Waals surface area contributed by atoms with Crippen molar-refractivity contribution < 1.29 is 14.7 Å². The van der Waals surface area contributed by atoms with Gasteiger partial charge in [-0.1, -0.05) is 23.7 Å². The Bertz CT molecular complexity index is 737. The van der Waals surface area contributed by atoms with Crippen LogP contribution in [0.15, 0.2) is 36.5 Å². The number of aromatic nitrogens is 2. The van der Waals surface area contributed by atoms with Crippen molar-refractivity contribution in [2.24, 2.45) is 0 Å². The number of carbonyl (C=O) groups is 2. The van der Waals surface area contributed by atoms with E-state index in [4.69, 9.17) is 16.7 Å². The summed E-state index contributed by atoms with van der Waals surface area (Å²) in [5.41, 5.74) is 0.337. The molecule has 1 aliphatic rings. The summed E-state index contributed by atoms with van der Waals surface area (Å²) in [6, 6.07) is 8.87. The first kappa shape index (κ1) is 14.6. The number of amides is 1. The van der Waals surface area contributed by atoms with Gasteiger partial charge in [0.05, 0.1) is 5.41 Å². The second-order valence-corrected chi connectivity index (χ2v) is 5.78. The van der Waals surface area contributed by atoms with E-state index >= 15 is 0 Å². The molecule has 0 radical (unpaired) electrons. The number of halogens is 1. The van der Waals surface area contributed by atoms with E-state index in [0.717, 1.165) is 18.4 Å². The minimum atomic E-state index is -0.987. The van der Waals surface area contributed by atoms with Crippen molar-refractivity contribution in [3.05, 3.63) is 47.1 Å². The lowest BCUT2D eigenvalue weighted by molar-refractivity contribution is -0.137. The minimum absolute atomic E-state index is 0.143. The third kappa shape index (κ3) is 2.82. The van der Waals surface area contributed by atoms with Crippen molar-refractivity contribution in [1.82, 2.24) is 9.78 Å². The summed E-state index contributed by atoms with van der Waals surface area (Å²) in [4.78, 5) is 23.1. The van der Waals surface area contributed by atoms with Crippen LogP contribution in [0, 0.1) is 0 Å². The Labute approximate surface area is 131 Å². The molecule has 0 unspecified atom stereocenters. The molecule has 2 N–H and O–H groups in total. The van der Waals surface area contributed by atoms with Gasteiger partial charge >= 0.3 is 5.97 Å². The Hall–Kier alpha value is -2.34. The SMILES string of the molecule is O=C(O)Cn1ccc(NC(=O)C2(c3cccc(Cl)c3)CC2)n1. The summed E-state index contributed by atoms with van der Waals surface area (Å²) in [5, 5.41) is 16.1. The molecule has 1 saturated carbocycles. The molecule has 22 heavy (non-hydrogen) atoms. The fourth-order valence-electron chi connectivity index (χ4n) is 2.45. The molecule has 6 nitrogen and oxygen atoms in total. The normalized spacial score (nSPS) is 15.3. The number of hydrogen-bond acceptors (Lipinski definition) is 3. The average Bonchev–Trinajstić information content (AvgIpc) is 3.16. The highest BCUT2D eigenvalue weighted by molar-refractivity contribution is 6.30. The summed E-state index contributed by atoms with van der Waals surface area (Å²) in [6.45, 7) is -0.241. The molecule has 1 aromatic carbocycles. The summed E-state index contributed by atoms with van der Waals surface area (Å²) >= 11 is 5.99. The molecule has 1 heterocycles. The molecular formula is C15H14ClN3O3. The zero-order chi connectivity index (χ0) is 15.7. The van der Waals surface area contributed by atoms with E-state index in [2.05, 4.69) is 10.4 Å². The lowest BCUT2D eigenvalue weighted by atomic mass is 9.95. The van der Waals surface area contributed by atoms with Crippen molar-refractivity contribution >= 4 is 29.3 Å². The number of rotatable bonds is 5. The van der Waals surface area contributed by atoms with Crippen molar-refractivity contribution in [3.63, 3.8) is 0 Å². The first-order valence-electron chi connectivity index (χ1n) is 6.82. The van der Waals surface area contributed by atoms with Crippen LogP contribution < -0.4 is 5.32 Å². The van der Waals surface area contributed by atoms with Crippen LogP contribution in [0.5, 0.6) is 0 Å². The van der Waals surface area contributed by atoms with E-state index in [1.807, 2.05) is 12.1 Å². The Morgan fingerprint density at radius 3 is 2.77 bits per heavy atom. The van der Waals surface area contributed by atoms with Crippen LogP contribution in [0.3, 0.4) is 0 Å². The molecule has 3 rings (SSSR count). The van der Waals surface area contributed by atoms with Gasteiger partial charge in [0.1, 0.15) is 6.54 Å². The summed E-state index contributed by atoms with van der Waals surface area (Å²) < 4.78 is 1.26. The van der Waals surface area contributed by atoms with E-state index in [0.29, 0.717) is 10.8 Å². The van der Waals surface area contributed by atoms with Crippen LogP contribution in [-0.4, -0.2) is 26.8 Å².